The van der Waals surface area contributed by atoms with Crippen molar-refractivity contribution in [2.45, 2.75) is 32.9 Å². The molecule has 0 spiro atoms. The molecule has 2 heterocycles. The van der Waals surface area contributed by atoms with Gasteiger partial charge in [-0.1, -0.05) is 66.3 Å². The number of fused-ring (bicyclic) bond motifs is 4. The number of ether oxygens (including phenoxy) is 1. The van der Waals surface area contributed by atoms with Crippen molar-refractivity contribution in [3.05, 3.63) is 97.1 Å². The molecule has 1 atom stereocenters. The first-order valence-corrected chi connectivity index (χ1v) is 14.6. The van der Waals surface area contributed by atoms with Crippen LogP contribution in [0, 0.1) is 0 Å². The Labute approximate surface area is 250 Å². The minimum Gasteiger partial charge on any atom is -0.493 e. The van der Waals surface area contributed by atoms with Crippen molar-refractivity contribution in [2.24, 2.45) is 5.16 Å². The minimum absolute atomic E-state index is 0.159. The van der Waals surface area contributed by atoms with Crippen molar-refractivity contribution in [1.29, 1.82) is 0 Å². The zero-order valence-corrected chi connectivity index (χ0v) is 24.4. The van der Waals surface area contributed by atoms with Gasteiger partial charge >= 0.3 is 0 Å². The standard InChI is InChI=1S/C35H34N4O4/c1-4-19-43-37-25-21-31(39(22-25)35(41)33-26-12-8-7-11-23(26)15-18-32(33)42-6-3)34(40)36-24-16-17-30-28(20-24)27-13-9-10-14-29(27)38(30)5-2/h4,7-18,20,31H,1,5-6,19,21-22H2,2-3H3,(H,36,40)/b37-25+/t31-/m0/s1. The van der Waals surface area contributed by atoms with Crippen LogP contribution in [-0.4, -0.2) is 52.8 Å². The number of hydrogen-bond acceptors (Lipinski definition) is 5. The Hall–Kier alpha value is -5.11. The molecule has 43 heavy (non-hydrogen) atoms. The Morgan fingerprint density at radius 1 is 0.977 bits per heavy atom. The molecule has 0 bridgehead atoms. The van der Waals surface area contributed by atoms with Gasteiger partial charge in [-0.15, -0.1) is 0 Å². The number of rotatable bonds is 9. The maximum absolute atomic E-state index is 14.3. The van der Waals surface area contributed by atoms with Gasteiger partial charge < -0.3 is 24.4 Å². The molecular weight excluding hydrogens is 540 g/mol. The molecule has 1 fully saturated rings. The Kier molecular flexibility index (Phi) is 7.83. The van der Waals surface area contributed by atoms with E-state index < -0.39 is 6.04 Å². The number of nitrogens with one attached hydrogen (secondary N) is 1. The molecule has 1 N–H and O–H groups in total. The van der Waals surface area contributed by atoms with Crippen molar-refractivity contribution >= 4 is 55.8 Å². The average molecular weight is 575 g/mol. The molecule has 1 saturated heterocycles. The molecular formula is C35H34N4O4. The fourth-order valence-corrected chi connectivity index (χ4v) is 5.99. The maximum atomic E-state index is 14.3. The molecule has 1 aromatic heterocycles. The highest BCUT2D eigenvalue weighted by molar-refractivity contribution is 6.15. The first-order valence-electron chi connectivity index (χ1n) is 14.6. The molecule has 1 aliphatic heterocycles. The molecule has 0 radical (unpaired) electrons. The van der Waals surface area contributed by atoms with Crippen molar-refractivity contribution < 1.29 is 19.2 Å². The van der Waals surface area contributed by atoms with E-state index in [2.05, 4.69) is 40.7 Å². The maximum Gasteiger partial charge on any atom is 0.259 e. The van der Waals surface area contributed by atoms with Gasteiger partial charge in [0.1, 0.15) is 18.4 Å². The summed E-state index contributed by atoms with van der Waals surface area (Å²) < 4.78 is 8.16. The van der Waals surface area contributed by atoms with Crippen LogP contribution in [-0.2, 0) is 16.2 Å². The first-order chi connectivity index (χ1) is 21.0. The van der Waals surface area contributed by atoms with Crippen LogP contribution in [0.4, 0.5) is 5.69 Å². The first kappa shape index (κ1) is 28.0. The molecule has 218 valence electrons. The van der Waals surface area contributed by atoms with Gasteiger partial charge in [0.05, 0.1) is 24.4 Å². The summed E-state index contributed by atoms with van der Waals surface area (Å²) in [5, 5.41) is 11.2. The number of amides is 2. The Morgan fingerprint density at radius 3 is 2.53 bits per heavy atom. The molecule has 0 aliphatic carbocycles. The Balaban J connectivity index is 1.36. The zero-order valence-electron chi connectivity index (χ0n) is 24.4. The zero-order chi connectivity index (χ0) is 29.9. The van der Waals surface area contributed by atoms with Gasteiger partial charge in [-0.2, -0.15) is 0 Å². The number of oxime groups is 1. The van der Waals surface area contributed by atoms with E-state index in [-0.39, 0.29) is 31.4 Å². The van der Waals surface area contributed by atoms with E-state index >= 15 is 0 Å². The molecule has 0 unspecified atom stereocenters. The molecule has 5 aromatic rings. The summed E-state index contributed by atoms with van der Waals surface area (Å²) in [6, 6.07) is 24.9. The van der Waals surface area contributed by atoms with Crippen LogP contribution in [0.2, 0.25) is 0 Å². The number of aryl methyl sites for hydroxylation is 1. The Bertz CT molecular complexity index is 1890. The molecule has 2 amide bonds. The van der Waals surface area contributed by atoms with Crippen molar-refractivity contribution in [3.8, 4) is 5.75 Å². The lowest BCUT2D eigenvalue weighted by Gasteiger charge is -2.25. The molecule has 8 heteroatoms. The number of para-hydroxylation sites is 1. The van der Waals surface area contributed by atoms with Gasteiger partial charge in [0.15, 0.2) is 0 Å². The van der Waals surface area contributed by atoms with E-state index in [0.29, 0.717) is 29.3 Å². The number of carbonyl (C=O) groups excluding carboxylic acids is 2. The highest BCUT2D eigenvalue weighted by Crippen LogP contribution is 2.33. The van der Waals surface area contributed by atoms with E-state index in [1.54, 1.807) is 11.0 Å². The van der Waals surface area contributed by atoms with E-state index in [9.17, 15) is 9.59 Å². The van der Waals surface area contributed by atoms with Gasteiger partial charge in [0.2, 0.25) is 5.91 Å². The number of anilines is 1. The fourth-order valence-electron chi connectivity index (χ4n) is 5.99. The summed E-state index contributed by atoms with van der Waals surface area (Å²) in [6.45, 7) is 9.30. The molecule has 8 nitrogen and oxygen atoms in total. The third-order valence-corrected chi connectivity index (χ3v) is 7.87. The monoisotopic (exact) mass is 574 g/mol. The predicted octanol–water partition coefficient (Wildman–Crippen LogP) is 6.78. The molecule has 4 aromatic carbocycles. The van der Waals surface area contributed by atoms with E-state index in [4.69, 9.17) is 9.57 Å². The number of nitrogens with zero attached hydrogens (tertiary/aromatic N) is 3. The Morgan fingerprint density at radius 2 is 1.74 bits per heavy atom. The summed E-state index contributed by atoms with van der Waals surface area (Å²) >= 11 is 0. The second-order valence-corrected chi connectivity index (χ2v) is 10.5. The average Bonchev–Trinajstić information content (AvgIpc) is 3.60. The molecule has 1 aliphatic rings. The van der Waals surface area contributed by atoms with E-state index in [0.717, 1.165) is 39.1 Å². The van der Waals surface area contributed by atoms with Gasteiger partial charge in [-0.05, 0) is 55.0 Å². The van der Waals surface area contributed by atoms with Crippen LogP contribution in [0.15, 0.2) is 96.7 Å². The third kappa shape index (κ3) is 5.20. The molecule has 0 saturated carbocycles. The largest absolute Gasteiger partial charge is 0.493 e. The van der Waals surface area contributed by atoms with Gasteiger partial charge in [-0.3, -0.25) is 9.59 Å². The lowest BCUT2D eigenvalue weighted by atomic mass is 10.0. The summed E-state index contributed by atoms with van der Waals surface area (Å²) in [5.41, 5.74) is 3.95. The van der Waals surface area contributed by atoms with E-state index in [1.165, 1.54) is 0 Å². The van der Waals surface area contributed by atoms with Gasteiger partial charge in [-0.25, -0.2) is 0 Å². The topological polar surface area (TPSA) is 85.2 Å². The normalized spacial score (nSPS) is 15.8. The summed E-state index contributed by atoms with van der Waals surface area (Å²) in [6.07, 6.45) is 1.85. The second-order valence-electron chi connectivity index (χ2n) is 10.5. The lowest BCUT2D eigenvalue weighted by Crippen LogP contribution is -2.43. The van der Waals surface area contributed by atoms with Crippen LogP contribution in [0.5, 0.6) is 5.75 Å². The predicted molar refractivity (Wildman–Crippen MR) is 172 cm³/mol. The van der Waals surface area contributed by atoms with Crippen molar-refractivity contribution in [2.75, 3.05) is 25.1 Å². The summed E-state index contributed by atoms with van der Waals surface area (Å²) in [7, 11) is 0. The number of aromatic nitrogens is 1. The van der Waals surface area contributed by atoms with Crippen LogP contribution in [0.1, 0.15) is 30.6 Å². The van der Waals surface area contributed by atoms with Crippen LogP contribution in [0.25, 0.3) is 32.6 Å². The number of hydrogen-bond donors (Lipinski definition) is 1. The van der Waals surface area contributed by atoms with Crippen molar-refractivity contribution in [1.82, 2.24) is 9.47 Å². The van der Waals surface area contributed by atoms with Gasteiger partial charge in [0, 0.05) is 40.5 Å². The number of benzene rings is 4. The van der Waals surface area contributed by atoms with Gasteiger partial charge in [0.25, 0.3) is 5.91 Å². The third-order valence-electron chi connectivity index (χ3n) is 7.87. The SMILES string of the molecule is C=CCO/N=C1\C[C@@H](C(=O)Nc2ccc3c(c2)c2ccccc2n3CC)N(C(=O)c2c(OCC)ccc3ccccc23)C1. The lowest BCUT2D eigenvalue weighted by molar-refractivity contribution is -0.119. The molecule has 6 rings (SSSR count). The van der Waals surface area contributed by atoms with E-state index in [1.807, 2.05) is 73.7 Å². The van der Waals surface area contributed by atoms with Crippen LogP contribution >= 0.6 is 0 Å². The summed E-state index contributed by atoms with van der Waals surface area (Å²) in [4.78, 5) is 35.1. The van der Waals surface area contributed by atoms with Crippen LogP contribution < -0.4 is 10.1 Å². The number of carbonyl (C=O) groups is 2. The minimum atomic E-state index is -0.792. The van der Waals surface area contributed by atoms with Crippen molar-refractivity contribution in [3.63, 3.8) is 0 Å². The fraction of sp³-hybridized carbons (Fsp3) is 0.229. The smallest absolute Gasteiger partial charge is 0.259 e. The highest BCUT2D eigenvalue weighted by atomic mass is 16.6. The number of likely N-dealkylation sites (tertiary alicyclic amines) is 1. The highest BCUT2D eigenvalue weighted by Gasteiger charge is 2.40. The van der Waals surface area contributed by atoms with Crippen LogP contribution in [0.3, 0.4) is 0 Å². The quantitative estimate of drug-likeness (QED) is 0.120. The summed E-state index contributed by atoms with van der Waals surface area (Å²) in [5.74, 6) is -0.105. The second kappa shape index (κ2) is 12.0.